The fourth-order valence-corrected chi connectivity index (χ4v) is 4.60. The Kier molecular flexibility index (Phi) is 6.05. The highest BCUT2D eigenvalue weighted by atomic mass is 19.4. The second-order valence-electron chi connectivity index (χ2n) is 8.90. The predicted molar refractivity (Wildman–Crippen MR) is 119 cm³/mol. The molecule has 6 nitrogen and oxygen atoms in total. The minimum absolute atomic E-state index is 0.156. The number of nitrogens with zero attached hydrogens (tertiary/aromatic N) is 3. The summed E-state index contributed by atoms with van der Waals surface area (Å²) in [5, 5.41) is 33.2. The van der Waals surface area contributed by atoms with E-state index in [0.717, 1.165) is 6.07 Å². The molecule has 0 aliphatic heterocycles. The third kappa shape index (κ3) is 4.52. The van der Waals surface area contributed by atoms with Crippen LogP contribution < -0.4 is 5.32 Å². The van der Waals surface area contributed by atoms with Crippen LogP contribution in [0.4, 0.5) is 19.0 Å². The average molecular weight is 461 g/mol. The molecule has 4 rings (SSSR count). The van der Waals surface area contributed by atoms with Crippen LogP contribution in [-0.4, -0.2) is 31.5 Å². The van der Waals surface area contributed by atoms with Gasteiger partial charge in [0.2, 0.25) is 0 Å². The molecule has 2 aromatic heterocycles. The maximum atomic E-state index is 13.4. The smallest absolute Gasteiger partial charge is 0.393 e. The van der Waals surface area contributed by atoms with Crippen molar-refractivity contribution >= 4 is 16.7 Å². The Morgan fingerprint density at radius 3 is 2.52 bits per heavy atom. The van der Waals surface area contributed by atoms with Crippen LogP contribution in [0.25, 0.3) is 10.9 Å². The van der Waals surface area contributed by atoms with Crippen LogP contribution >= 0.6 is 0 Å². The first-order valence-electron chi connectivity index (χ1n) is 11.0. The summed E-state index contributed by atoms with van der Waals surface area (Å²) in [5.74, 6) is 0.383. The summed E-state index contributed by atoms with van der Waals surface area (Å²) in [6.07, 6.45) is -1.39. The Labute approximate surface area is 189 Å². The highest BCUT2D eigenvalue weighted by Crippen LogP contribution is 2.39. The van der Waals surface area contributed by atoms with Crippen molar-refractivity contribution in [3.05, 3.63) is 58.4 Å². The van der Waals surface area contributed by atoms with Gasteiger partial charge in [0.15, 0.2) is 5.82 Å². The van der Waals surface area contributed by atoms with E-state index in [9.17, 15) is 23.4 Å². The minimum atomic E-state index is -4.43. The maximum absolute atomic E-state index is 13.4. The molecule has 3 N–H and O–H groups in total. The lowest BCUT2D eigenvalue weighted by molar-refractivity contribution is -0.138. The molecular formula is C24H27F3N4O2. The molecule has 1 fully saturated rings. The highest BCUT2D eigenvalue weighted by Gasteiger charge is 2.35. The number of aromatic nitrogens is 3. The molecule has 0 radical (unpaired) electrons. The van der Waals surface area contributed by atoms with E-state index in [1.165, 1.54) is 13.0 Å². The van der Waals surface area contributed by atoms with Crippen molar-refractivity contribution in [1.82, 2.24) is 15.2 Å². The zero-order valence-corrected chi connectivity index (χ0v) is 18.7. The van der Waals surface area contributed by atoms with Gasteiger partial charge < -0.3 is 15.5 Å². The van der Waals surface area contributed by atoms with Crippen LogP contribution in [0.5, 0.6) is 0 Å². The van der Waals surface area contributed by atoms with E-state index in [1.807, 2.05) is 6.07 Å². The number of hydrogen-bond acceptors (Lipinski definition) is 6. The van der Waals surface area contributed by atoms with E-state index in [-0.39, 0.29) is 5.56 Å². The molecule has 2 heterocycles. The molecule has 3 aromatic rings. The van der Waals surface area contributed by atoms with Crippen molar-refractivity contribution in [2.45, 2.75) is 70.4 Å². The lowest BCUT2D eigenvalue weighted by atomic mass is 9.79. The Morgan fingerprint density at radius 2 is 1.85 bits per heavy atom. The van der Waals surface area contributed by atoms with Crippen LogP contribution in [0.15, 0.2) is 30.5 Å². The van der Waals surface area contributed by atoms with Gasteiger partial charge >= 0.3 is 6.18 Å². The number of halogens is 3. The molecule has 1 aliphatic carbocycles. The highest BCUT2D eigenvalue weighted by molar-refractivity contribution is 5.90. The van der Waals surface area contributed by atoms with E-state index in [0.29, 0.717) is 59.2 Å². The predicted octanol–water partition coefficient (Wildman–Crippen LogP) is 4.96. The molecule has 1 aliphatic rings. The maximum Gasteiger partial charge on any atom is 0.416 e. The summed E-state index contributed by atoms with van der Waals surface area (Å²) in [7, 11) is 0. The standard InChI is InChI=1S/C24H27F3N4O2/c1-13-18(5-4-6-20(13)24(25,26)27)14(2)29-22-19-11-16(12-28-21(19)15(3)30-31-22)23(33)9-7-17(32)8-10-23/h4-6,11-12,14,17,32-33H,7-10H2,1-3H3,(H,29,31)/t14-,17?,23?/m1/s1. The second-order valence-corrected chi connectivity index (χ2v) is 8.90. The summed E-state index contributed by atoms with van der Waals surface area (Å²) >= 11 is 0. The SMILES string of the molecule is Cc1c([C@@H](C)Nc2nnc(C)c3ncc(C4(O)CCC(O)CC4)cc23)cccc1C(F)(F)F. The molecule has 0 bridgehead atoms. The van der Waals surface area contributed by atoms with Crippen LogP contribution in [0.2, 0.25) is 0 Å². The molecule has 1 atom stereocenters. The fraction of sp³-hybridized carbons (Fsp3) is 0.458. The summed E-state index contributed by atoms with van der Waals surface area (Å²) in [6.45, 7) is 5.00. The number of hydrogen-bond donors (Lipinski definition) is 3. The molecular weight excluding hydrogens is 433 g/mol. The van der Waals surface area contributed by atoms with Gasteiger partial charge in [-0.1, -0.05) is 12.1 Å². The number of rotatable bonds is 4. The first kappa shape index (κ1) is 23.4. The zero-order chi connectivity index (χ0) is 24.0. The van der Waals surface area contributed by atoms with Crippen molar-refractivity contribution in [1.29, 1.82) is 0 Å². The Balaban J connectivity index is 1.72. The first-order chi connectivity index (χ1) is 15.5. The number of aryl methyl sites for hydroxylation is 1. The fourth-order valence-electron chi connectivity index (χ4n) is 4.60. The Morgan fingerprint density at radius 1 is 1.15 bits per heavy atom. The normalized spacial score (nSPS) is 22.4. The van der Waals surface area contributed by atoms with Gasteiger partial charge in [-0.3, -0.25) is 4.98 Å². The van der Waals surface area contributed by atoms with Gasteiger partial charge in [-0.05, 0) is 69.7 Å². The molecule has 0 unspecified atom stereocenters. The summed E-state index contributed by atoms with van der Waals surface area (Å²) < 4.78 is 40.1. The molecule has 1 aromatic carbocycles. The van der Waals surface area contributed by atoms with Gasteiger partial charge in [-0.25, -0.2) is 0 Å². The molecule has 0 spiro atoms. The van der Waals surface area contributed by atoms with Gasteiger partial charge in [0, 0.05) is 17.1 Å². The number of benzene rings is 1. The van der Waals surface area contributed by atoms with Gasteiger partial charge in [-0.2, -0.15) is 18.3 Å². The van der Waals surface area contributed by atoms with Gasteiger partial charge in [-0.15, -0.1) is 5.10 Å². The monoisotopic (exact) mass is 460 g/mol. The topological polar surface area (TPSA) is 91.2 Å². The minimum Gasteiger partial charge on any atom is -0.393 e. The largest absolute Gasteiger partial charge is 0.416 e. The van der Waals surface area contributed by atoms with Crippen LogP contribution in [0.1, 0.15) is 66.6 Å². The van der Waals surface area contributed by atoms with Gasteiger partial charge in [0.1, 0.15) is 0 Å². The van der Waals surface area contributed by atoms with Crippen molar-refractivity contribution in [3.8, 4) is 0 Å². The summed E-state index contributed by atoms with van der Waals surface area (Å²) in [6, 6.07) is 5.46. The van der Waals surface area contributed by atoms with E-state index in [4.69, 9.17) is 0 Å². The van der Waals surface area contributed by atoms with E-state index < -0.39 is 29.5 Å². The molecule has 0 amide bonds. The zero-order valence-electron chi connectivity index (χ0n) is 18.7. The molecule has 176 valence electrons. The number of aliphatic hydroxyl groups excluding tert-OH is 1. The van der Waals surface area contributed by atoms with Crippen LogP contribution in [-0.2, 0) is 11.8 Å². The second kappa shape index (κ2) is 8.53. The third-order valence-electron chi connectivity index (χ3n) is 6.61. The van der Waals surface area contributed by atoms with Crippen molar-refractivity contribution in [2.24, 2.45) is 0 Å². The van der Waals surface area contributed by atoms with E-state index in [2.05, 4.69) is 20.5 Å². The average Bonchev–Trinajstić information content (AvgIpc) is 2.77. The number of nitrogens with one attached hydrogen (secondary N) is 1. The number of fused-ring (bicyclic) bond motifs is 1. The molecule has 1 saturated carbocycles. The summed E-state index contributed by atoms with van der Waals surface area (Å²) in [4.78, 5) is 4.51. The van der Waals surface area contributed by atoms with E-state index in [1.54, 1.807) is 26.1 Å². The van der Waals surface area contributed by atoms with Gasteiger partial charge in [0.25, 0.3) is 0 Å². The van der Waals surface area contributed by atoms with Crippen LogP contribution in [0, 0.1) is 13.8 Å². The lowest BCUT2D eigenvalue weighted by Gasteiger charge is -2.34. The quantitative estimate of drug-likeness (QED) is 0.510. The number of anilines is 1. The summed E-state index contributed by atoms with van der Waals surface area (Å²) in [5.41, 5.74) is 0.727. The van der Waals surface area contributed by atoms with E-state index >= 15 is 0 Å². The van der Waals surface area contributed by atoms with Crippen molar-refractivity contribution in [2.75, 3.05) is 5.32 Å². The Bertz CT molecular complexity index is 1170. The Hall–Kier alpha value is -2.78. The molecule has 33 heavy (non-hydrogen) atoms. The van der Waals surface area contributed by atoms with Crippen molar-refractivity contribution < 1.29 is 23.4 Å². The van der Waals surface area contributed by atoms with Crippen molar-refractivity contribution in [3.63, 3.8) is 0 Å². The molecule has 9 heteroatoms. The molecule has 0 saturated heterocycles. The first-order valence-corrected chi connectivity index (χ1v) is 11.0. The lowest BCUT2D eigenvalue weighted by Crippen LogP contribution is -2.33. The van der Waals surface area contributed by atoms with Gasteiger partial charge in [0.05, 0.1) is 34.5 Å². The third-order valence-corrected chi connectivity index (χ3v) is 6.61. The van der Waals surface area contributed by atoms with Crippen LogP contribution in [0.3, 0.4) is 0 Å². The number of pyridine rings is 1. The number of alkyl halides is 3. The number of aliphatic hydroxyl groups is 2.